The molecule has 16 rings (SSSR count). The minimum atomic E-state index is -0.620. The van der Waals surface area contributed by atoms with Crippen molar-refractivity contribution in [2.45, 2.75) is 30.1 Å². The van der Waals surface area contributed by atoms with Gasteiger partial charge in [0.2, 0.25) is 0 Å². The van der Waals surface area contributed by atoms with E-state index >= 15 is 0 Å². The molecular formula is C71H47NO2. The van der Waals surface area contributed by atoms with Gasteiger partial charge in [0.05, 0.1) is 22.2 Å². The van der Waals surface area contributed by atoms with Crippen LogP contribution in [0, 0.1) is 0 Å². The summed E-state index contributed by atoms with van der Waals surface area (Å²) in [5.74, 6) is 3.56. The Morgan fingerprint density at radius 2 is 0.703 bits per heavy atom. The number of nitrogens with zero attached hydrogens (tertiary/aromatic N) is 1. The molecule has 3 heteroatoms. The predicted molar refractivity (Wildman–Crippen MR) is 299 cm³/mol. The van der Waals surface area contributed by atoms with Crippen molar-refractivity contribution in [3.8, 4) is 67.5 Å². The van der Waals surface area contributed by atoms with E-state index in [4.69, 9.17) is 9.47 Å². The Morgan fingerprint density at radius 1 is 0.284 bits per heavy atom. The fourth-order valence-electron chi connectivity index (χ4n) is 14.2. The molecule has 2 aliphatic heterocycles. The molecule has 74 heavy (non-hydrogen) atoms. The summed E-state index contributed by atoms with van der Waals surface area (Å²) in [5.41, 5.74) is 24.1. The fraction of sp³-hybridized carbons (Fsp3) is 0.0704. The molecular weight excluding hydrogens is 899 g/mol. The first kappa shape index (κ1) is 41.4. The lowest BCUT2D eigenvalue weighted by Gasteiger charge is -2.39. The average Bonchev–Trinajstić information content (AvgIpc) is 4.13. The topological polar surface area (TPSA) is 21.7 Å². The molecule has 0 saturated carbocycles. The van der Waals surface area contributed by atoms with E-state index in [1.165, 1.54) is 66.8 Å². The second kappa shape index (κ2) is 14.9. The number of para-hydroxylation sites is 5. The Bertz CT molecular complexity index is 4120. The van der Waals surface area contributed by atoms with Gasteiger partial charge >= 0.3 is 0 Å². The Kier molecular flexibility index (Phi) is 8.37. The summed E-state index contributed by atoms with van der Waals surface area (Å²) in [6, 6.07) is 92.0. The number of rotatable bonds is 4. The maximum absolute atomic E-state index is 6.77. The average molecular weight is 946 g/mol. The maximum atomic E-state index is 6.77. The van der Waals surface area contributed by atoms with E-state index in [1.807, 2.05) is 0 Å². The van der Waals surface area contributed by atoms with Crippen LogP contribution in [-0.2, 0) is 16.2 Å². The van der Waals surface area contributed by atoms with Crippen LogP contribution in [0.2, 0.25) is 0 Å². The van der Waals surface area contributed by atoms with Crippen molar-refractivity contribution < 1.29 is 9.47 Å². The van der Waals surface area contributed by atoms with E-state index in [9.17, 15) is 0 Å². The van der Waals surface area contributed by atoms with Crippen LogP contribution >= 0.6 is 0 Å². The van der Waals surface area contributed by atoms with E-state index in [-0.39, 0.29) is 5.41 Å². The first-order chi connectivity index (χ1) is 36.5. The smallest absolute Gasteiger partial charge is 0.132 e. The Labute approximate surface area is 431 Å². The molecule has 0 amide bonds. The van der Waals surface area contributed by atoms with Gasteiger partial charge in [0.1, 0.15) is 23.0 Å². The molecule has 5 aliphatic rings. The Hall–Kier alpha value is -9.18. The summed E-state index contributed by atoms with van der Waals surface area (Å²) >= 11 is 0. The minimum absolute atomic E-state index is 0.206. The molecule has 2 heterocycles. The highest BCUT2D eigenvalue weighted by molar-refractivity contribution is 6.01. The Balaban J connectivity index is 0.962. The van der Waals surface area contributed by atoms with Crippen LogP contribution in [0.4, 0.5) is 17.1 Å². The summed E-state index contributed by atoms with van der Waals surface area (Å²) in [6.45, 7) is 4.76. The molecule has 0 atom stereocenters. The number of hydrogen-bond acceptors (Lipinski definition) is 3. The zero-order valence-corrected chi connectivity index (χ0v) is 40.9. The number of ether oxygens (including phenoxy) is 2. The number of fused-ring (bicyclic) bond motifs is 21. The summed E-state index contributed by atoms with van der Waals surface area (Å²) in [5, 5.41) is 0. The summed E-state index contributed by atoms with van der Waals surface area (Å²) in [7, 11) is 0. The lowest BCUT2D eigenvalue weighted by atomic mass is 9.66. The molecule has 2 spiro atoms. The molecule has 3 aliphatic carbocycles. The van der Waals surface area contributed by atoms with Gasteiger partial charge in [0.25, 0.3) is 0 Å². The normalized spacial score (nSPS) is 15.2. The number of hydrogen-bond donors (Lipinski definition) is 0. The van der Waals surface area contributed by atoms with Crippen molar-refractivity contribution in [2.75, 3.05) is 4.90 Å². The quantitative estimate of drug-likeness (QED) is 0.175. The second-order valence-electron chi connectivity index (χ2n) is 21.0. The van der Waals surface area contributed by atoms with E-state index in [1.54, 1.807) is 0 Å². The maximum Gasteiger partial charge on any atom is 0.132 e. The van der Waals surface area contributed by atoms with E-state index in [2.05, 4.69) is 267 Å². The third kappa shape index (κ3) is 5.20. The Morgan fingerprint density at radius 3 is 1.31 bits per heavy atom. The standard InChI is InChI=1S/C71H47NO2/c1-69(2)52-24-7-3-21-47(52)49-40-39-45(43-61(49)69)72(63-33-19-31-60-68(63)50-23-5-9-26-54(50)71(60)58-29-12-17-36-66(58)74-67-37-18-13-30-59(67)71)62-32-14-6-20-46(62)44-38-41-55-51(42-44)48-22-4-8-25-53(48)70(55)56-27-10-15-34-64(56)73-65-35-16-11-28-57(65)70/h3-43H,1-2H3. The zero-order chi connectivity index (χ0) is 48.9. The van der Waals surface area contributed by atoms with Gasteiger partial charge in [-0.15, -0.1) is 0 Å². The summed E-state index contributed by atoms with van der Waals surface area (Å²) in [6.07, 6.45) is 0. The molecule has 11 aromatic rings. The third-order valence-electron chi connectivity index (χ3n) is 17.2. The van der Waals surface area contributed by atoms with Gasteiger partial charge in [-0.1, -0.05) is 208 Å². The van der Waals surface area contributed by atoms with Gasteiger partial charge in [-0.25, -0.2) is 0 Å². The highest BCUT2D eigenvalue weighted by Crippen LogP contribution is 2.66. The lowest BCUT2D eigenvalue weighted by molar-refractivity contribution is 0.436. The van der Waals surface area contributed by atoms with Crippen LogP contribution in [0.1, 0.15) is 69.5 Å². The second-order valence-corrected chi connectivity index (χ2v) is 21.0. The molecule has 0 unspecified atom stereocenters. The number of benzene rings is 11. The van der Waals surface area contributed by atoms with Crippen LogP contribution < -0.4 is 14.4 Å². The summed E-state index contributed by atoms with van der Waals surface area (Å²) in [4.78, 5) is 2.56. The van der Waals surface area contributed by atoms with Crippen LogP contribution in [0.15, 0.2) is 249 Å². The molecule has 0 saturated heterocycles. The van der Waals surface area contributed by atoms with E-state index in [0.717, 1.165) is 73.4 Å². The molecule has 0 fully saturated rings. The molecule has 3 nitrogen and oxygen atoms in total. The molecule has 0 aromatic heterocycles. The van der Waals surface area contributed by atoms with Crippen molar-refractivity contribution in [2.24, 2.45) is 0 Å². The van der Waals surface area contributed by atoms with Crippen LogP contribution in [0.3, 0.4) is 0 Å². The molecule has 0 bridgehead atoms. The minimum Gasteiger partial charge on any atom is -0.457 e. The van der Waals surface area contributed by atoms with Crippen molar-refractivity contribution in [1.82, 2.24) is 0 Å². The van der Waals surface area contributed by atoms with Crippen molar-refractivity contribution >= 4 is 17.1 Å². The van der Waals surface area contributed by atoms with E-state index in [0.29, 0.717) is 0 Å². The van der Waals surface area contributed by atoms with Crippen LogP contribution in [0.5, 0.6) is 23.0 Å². The first-order valence-electron chi connectivity index (χ1n) is 25.8. The molecule has 348 valence electrons. The third-order valence-corrected chi connectivity index (χ3v) is 17.2. The largest absolute Gasteiger partial charge is 0.457 e. The molecule has 0 N–H and O–H groups in total. The highest BCUT2D eigenvalue weighted by atomic mass is 16.5. The fourth-order valence-corrected chi connectivity index (χ4v) is 14.2. The van der Waals surface area contributed by atoms with Gasteiger partial charge < -0.3 is 14.4 Å². The van der Waals surface area contributed by atoms with Gasteiger partial charge in [-0.2, -0.15) is 0 Å². The van der Waals surface area contributed by atoms with E-state index < -0.39 is 10.8 Å². The van der Waals surface area contributed by atoms with Gasteiger partial charge in [-0.05, 0) is 121 Å². The van der Waals surface area contributed by atoms with Crippen molar-refractivity contribution in [3.05, 3.63) is 304 Å². The monoisotopic (exact) mass is 945 g/mol. The SMILES string of the molecule is CC1(C)c2ccccc2-c2ccc(N(c3ccccc3-c3ccc4c(c3)-c3ccccc3C43c4ccccc4Oc4ccccc43)c3cccc4c3-c3ccccc3C43c4ccccc4Oc4ccccc43)cc21. The van der Waals surface area contributed by atoms with Gasteiger partial charge in [-0.3, -0.25) is 0 Å². The van der Waals surface area contributed by atoms with Gasteiger partial charge in [0, 0.05) is 44.5 Å². The molecule has 11 aromatic carbocycles. The predicted octanol–water partition coefficient (Wildman–Crippen LogP) is 18.1. The number of anilines is 3. The molecule has 0 radical (unpaired) electrons. The first-order valence-corrected chi connectivity index (χ1v) is 25.8. The highest BCUT2D eigenvalue weighted by Gasteiger charge is 2.53. The summed E-state index contributed by atoms with van der Waals surface area (Å²) < 4.78 is 13.5. The zero-order valence-electron chi connectivity index (χ0n) is 40.9. The van der Waals surface area contributed by atoms with Crippen LogP contribution in [-0.4, -0.2) is 0 Å². The lowest BCUT2D eigenvalue weighted by Crippen LogP contribution is -2.32. The van der Waals surface area contributed by atoms with Gasteiger partial charge in [0.15, 0.2) is 0 Å². The van der Waals surface area contributed by atoms with Crippen LogP contribution in [0.25, 0.3) is 44.5 Å². The van der Waals surface area contributed by atoms with Crippen molar-refractivity contribution in [3.63, 3.8) is 0 Å². The van der Waals surface area contributed by atoms with Crippen molar-refractivity contribution in [1.29, 1.82) is 0 Å².